The second kappa shape index (κ2) is 7.79. The van der Waals surface area contributed by atoms with Crippen molar-refractivity contribution in [2.24, 2.45) is 0 Å². The smallest absolute Gasteiger partial charge is 0.248 e. The molecule has 1 N–H and O–H groups in total. The van der Waals surface area contributed by atoms with Gasteiger partial charge in [0.2, 0.25) is 5.91 Å². The molecule has 0 aliphatic carbocycles. The maximum Gasteiger partial charge on any atom is 0.248 e. The molecule has 0 atom stereocenters. The Hall–Kier alpha value is -2.20. The fraction of sp³-hybridized carbons (Fsp3) is 0. The fourth-order valence-electron chi connectivity index (χ4n) is 2.13. The Morgan fingerprint density at radius 2 is 1.64 bits per heavy atom. The normalized spacial score (nSPS) is 11.0. The van der Waals surface area contributed by atoms with Gasteiger partial charge >= 0.3 is 0 Å². The standard InChI is InChI=1S/C19H12Cl3NO2/c20-13-3-1-12(2-4-13)18-9-6-15(25-18)7-10-19(24)23-17-8-5-14(21)11-16(17)22/h1-11H,(H,23,24)/b10-7+. The molecule has 3 rings (SSSR count). The molecule has 0 aliphatic rings. The molecule has 25 heavy (non-hydrogen) atoms. The molecule has 2 aromatic carbocycles. The lowest BCUT2D eigenvalue weighted by molar-refractivity contribution is -0.111. The monoisotopic (exact) mass is 391 g/mol. The lowest BCUT2D eigenvalue weighted by atomic mass is 10.2. The van der Waals surface area contributed by atoms with Gasteiger partial charge in [-0.3, -0.25) is 4.79 Å². The molecule has 0 unspecified atom stereocenters. The predicted octanol–water partition coefficient (Wildman–Crippen LogP) is 6.56. The summed E-state index contributed by atoms with van der Waals surface area (Å²) in [5.74, 6) is 0.924. The number of amides is 1. The van der Waals surface area contributed by atoms with Crippen molar-refractivity contribution in [1.82, 2.24) is 0 Å². The van der Waals surface area contributed by atoms with Gasteiger partial charge in [-0.2, -0.15) is 0 Å². The zero-order chi connectivity index (χ0) is 17.8. The third-order valence-electron chi connectivity index (χ3n) is 3.34. The lowest BCUT2D eigenvalue weighted by Crippen LogP contribution is -2.07. The van der Waals surface area contributed by atoms with Crippen molar-refractivity contribution in [2.75, 3.05) is 5.32 Å². The summed E-state index contributed by atoms with van der Waals surface area (Å²) in [6, 6.07) is 15.8. The van der Waals surface area contributed by atoms with Crippen molar-refractivity contribution >= 4 is 52.5 Å². The Kier molecular flexibility index (Phi) is 5.49. The number of carbonyl (C=O) groups excluding carboxylic acids is 1. The molecular weight excluding hydrogens is 381 g/mol. The number of nitrogens with one attached hydrogen (secondary N) is 1. The van der Waals surface area contributed by atoms with E-state index in [9.17, 15) is 4.79 Å². The van der Waals surface area contributed by atoms with Crippen molar-refractivity contribution in [2.45, 2.75) is 0 Å². The molecule has 0 fully saturated rings. The Balaban J connectivity index is 1.67. The van der Waals surface area contributed by atoms with Gasteiger partial charge in [0.05, 0.1) is 10.7 Å². The van der Waals surface area contributed by atoms with Crippen LogP contribution < -0.4 is 5.32 Å². The number of hydrogen-bond acceptors (Lipinski definition) is 2. The van der Waals surface area contributed by atoms with E-state index in [-0.39, 0.29) is 5.91 Å². The van der Waals surface area contributed by atoms with Crippen molar-refractivity contribution < 1.29 is 9.21 Å². The maximum absolute atomic E-state index is 12.0. The van der Waals surface area contributed by atoms with Crippen molar-refractivity contribution in [3.05, 3.63) is 81.5 Å². The zero-order valence-corrected chi connectivity index (χ0v) is 15.1. The van der Waals surface area contributed by atoms with E-state index in [0.29, 0.717) is 32.3 Å². The Morgan fingerprint density at radius 1 is 0.920 bits per heavy atom. The average molecular weight is 393 g/mol. The van der Waals surface area contributed by atoms with E-state index in [2.05, 4.69) is 5.32 Å². The first-order chi connectivity index (χ1) is 12.0. The van der Waals surface area contributed by atoms with Crippen LogP contribution in [0.15, 0.2) is 65.1 Å². The van der Waals surface area contributed by atoms with Crippen LogP contribution in [0.25, 0.3) is 17.4 Å². The van der Waals surface area contributed by atoms with Crippen LogP contribution in [0, 0.1) is 0 Å². The number of benzene rings is 2. The second-order valence-corrected chi connectivity index (χ2v) is 6.44. The van der Waals surface area contributed by atoms with Gasteiger partial charge in [-0.05, 0) is 60.7 Å². The number of rotatable bonds is 4. The molecule has 0 radical (unpaired) electrons. The third kappa shape index (κ3) is 4.67. The molecule has 3 nitrogen and oxygen atoms in total. The molecule has 0 saturated carbocycles. The van der Waals surface area contributed by atoms with Crippen LogP contribution in [0.5, 0.6) is 0 Å². The molecule has 3 aromatic rings. The highest BCUT2D eigenvalue weighted by molar-refractivity contribution is 6.36. The summed E-state index contributed by atoms with van der Waals surface area (Å²) in [6.07, 6.45) is 2.95. The second-order valence-electron chi connectivity index (χ2n) is 5.16. The maximum atomic E-state index is 12.0. The van der Waals surface area contributed by atoms with E-state index in [1.807, 2.05) is 18.2 Å². The van der Waals surface area contributed by atoms with Gasteiger partial charge in [-0.25, -0.2) is 0 Å². The van der Waals surface area contributed by atoms with E-state index in [1.54, 1.807) is 42.5 Å². The summed E-state index contributed by atoms with van der Waals surface area (Å²) in [5, 5.41) is 4.22. The van der Waals surface area contributed by atoms with Crippen molar-refractivity contribution in [3.63, 3.8) is 0 Å². The van der Waals surface area contributed by atoms with Crippen LogP contribution in [-0.2, 0) is 4.79 Å². The van der Waals surface area contributed by atoms with Gasteiger partial charge in [-0.15, -0.1) is 0 Å². The Bertz CT molecular complexity index is 930. The van der Waals surface area contributed by atoms with Crippen LogP contribution in [-0.4, -0.2) is 5.91 Å². The van der Waals surface area contributed by atoms with Crippen LogP contribution in [0.3, 0.4) is 0 Å². The van der Waals surface area contributed by atoms with Crippen LogP contribution in [0.1, 0.15) is 5.76 Å². The third-order valence-corrected chi connectivity index (χ3v) is 4.14. The number of halogens is 3. The number of anilines is 1. The number of furan rings is 1. The largest absolute Gasteiger partial charge is 0.457 e. The minimum Gasteiger partial charge on any atom is -0.457 e. The minimum absolute atomic E-state index is 0.325. The summed E-state index contributed by atoms with van der Waals surface area (Å²) in [5.41, 5.74) is 1.39. The highest BCUT2D eigenvalue weighted by atomic mass is 35.5. The molecule has 0 saturated heterocycles. The topological polar surface area (TPSA) is 42.2 Å². The number of hydrogen-bond donors (Lipinski definition) is 1. The Labute approximate surface area is 159 Å². The summed E-state index contributed by atoms with van der Waals surface area (Å²) in [7, 11) is 0. The molecule has 0 spiro atoms. The summed E-state index contributed by atoms with van der Waals surface area (Å²) >= 11 is 17.7. The fourth-order valence-corrected chi connectivity index (χ4v) is 2.72. The highest BCUT2D eigenvalue weighted by Gasteiger charge is 2.06. The summed E-state index contributed by atoms with van der Waals surface area (Å²) < 4.78 is 5.70. The van der Waals surface area contributed by atoms with Gasteiger partial charge in [0, 0.05) is 21.7 Å². The van der Waals surface area contributed by atoms with Gasteiger partial charge in [-0.1, -0.05) is 34.8 Å². The van der Waals surface area contributed by atoms with Gasteiger partial charge in [0.25, 0.3) is 0 Å². The van der Waals surface area contributed by atoms with E-state index in [0.717, 1.165) is 5.56 Å². The molecule has 1 heterocycles. The van der Waals surface area contributed by atoms with Gasteiger partial charge in [0.15, 0.2) is 0 Å². The SMILES string of the molecule is O=C(/C=C/c1ccc(-c2ccc(Cl)cc2)o1)Nc1ccc(Cl)cc1Cl. The Morgan fingerprint density at radius 3 is 2.36 bits per heavy atom. The van der Waals surface area contributed by atoms with Crippen molar-refractivity contribution in [3.8, 4) is 11.3 Å². The molecule has 1 amide bonds. The summed E-state index contributed by atoms with van der Waals surface area (Å²) in [4.78, 5) is 12.0. The predicted molar refractivity (Wildman–Crippen MR) is 103 cm³/mol. The van der Waals surface area contributed by atoms with Crippen LogP contribution in [0.2, 0.25) is 15.1 Å². The van der Waals surface area contributed by atoms with E-state index in [1.165, 1.54) is 6.08 Å². The van der Waals surface area contributed by atoms with E-state index >= 15 is 0 Å². The first kappa shape index (κ1) is 17.6. The number of carbonyl (C=O) groups is 1. The van der Waals surface area contributed by atoms with Crippen LogP contribution >= 0.6 is 34.8 Å². The highest BCUT2D eigenvalue weighted by Crippen LogP contribution is 2.26. The lowest BCUT2D eigenvalue weighted by Gasteiger charge is -2.04. The van der Waals surface area contributed by atoms with E-state index < -0.39 is 0 Å². The first-order valence-corrected chi connectivity index (χ1v) is 8.44. The molecule has 6 heteroatoms. The molecule has 126 valence electrons. The molecular formula is C19H12Cl3NO2. The van der Waals surface area contributed by atoms with Gasteiger partial charge in [0.1, 0.15) is 11.5 Å². The molecule has 0 bridgehead atoms. The van der Waals surface area contributed by atoms with Crippen molar-refractivity contribution in [1.29, 1.82) is 0 Å². The quantitative estimate of drug-likeness (QED) is 0.511. The average Bonchev–Trinajstić information content (AvgIpc) is 3.05. The minimum atomic E-state index is -0.325. The van der Waals surface area contributed by atoms with Gasteiger partial charge < -0.3 is 9.73 Å². The zero-order valence-electron chi connectivity index (χ0n) is 12.8. The molecule has 1 aromatic heterocycles. The van der Waals surface area contributed by atoms with E-state index in [4.69, 9.17) is 39.2 Å². The summed E-state index contributed by atoms with van der Waals surface area (Å²) in [6.45, 7) is 0. The first-order valence-electron chi connectivity index (χ1n) is 7.31. The van der Waals surface area contributed by atoms with Crippen LogP contribution in [0.4, 0.5) is 5.69 Å². The molecule has 0 aliphatic heterocycles.